The highest BCUT2D eigenvalue weighted by atomic mass is 16.3. The van der Waals surface area contributed by atoms with Gasteiger partial charge >= 0.3 is 0 Å². The van der Waals surface area contributed by atoms with Crippen LogP contribution in [0.3, 0.4) is 0 Å². The molecule has 0 aliphatic rings. The number of aromatic nitrogens is 2. The Hall–Kier alpha value is -5.48. The first-order chi connectivity index (χ1) is 19.9. The van der Waals surface area contributed by atoms with Gasteiger partial charge in [-0.1, -0.05) is 72.8 Å². The fraction of sp³-hybridized carbons (Fsp3) is 0. The molecule has 0 unspecified atom stereocenters. The molecular formula is C36H18N2O2. The standard InChI is InChI=1S/C36H18N2O2/c1-3-13-29-19(7-1)25-17-15-23-21-9-5-12-28-31(21)37(33(23)35(25)39-29)27-11-6-10-22-24-16-18-26-20-8-2-4-14-30(20)40-36(26)34(24)38(28)32(22)27/h1-18H. The third-order valence-corrected chi connectivity index (χ3v) is 9.03. The van der Waals surface area contributed by atoms with E-state index in [-0.39, 0.29) is 0 Å². The number of fused-ring (bicyclic) bond motifs is 16. The Kier molecular flexibility index (Phi) is 3.12. The Bertz CT molecular complexity index is 2670. The van der Waals surface area contributed by atoms with E-state index in [1.165, 1.54) is 32.6 Å². The van der Waals surface area contributed by atoms with E-state index in [0.29, 0.717) is 0 Å². The van der Waals surface area contributed by atoms with Crippen molar-refractivity contribution in [1.82, 2.24) is 8.80 Å². The summed E-state index contributed by atoms with van der Waals surface area (Å²) in [5.41, 5.74) is 10.6. The Morgan fingerprint density at radius 3 is 1.23 bits per heavy atom. The molecule has 5 aromatic heterocycles. The molecule has 0 bridgehead atoms. The molecule has 4 nitrogen and oxygen atoms in total. The summed E-state index contributed by atoms with van der Waals surface area (Å²) in [6.07, 6.45) is 0. The summed E-state index contributed by atoms with van der Waals surface area (Å²) in [5.74, 6) is 0. The molecule has 0 amide bonds. The average Bonchev–Trinajstić information content (AvgIpc) is 3.74. The number of furan rings is 2. The van der Waals surface area contributed by atoms with Crippen molar-refractivity contribution in [1.29, 1.82) is 0 Å². The lowest BCUT2D eigenvalue weighted by Crippen LogP contribution is -1.97. The van der Waals surface area contributed by atoms with Gasteiger partial charge in [0.2, 0.25) is 0 Å². The summed E-state index contributed by atoms with van der Waals surface area (Å²) in [7, 11) is 0. The number of rotatable bonds is 0. The van der Waals surface area contributed by atoms with E-state index in [1.54, 1.807) is 0 Å². The van der Waals surface area contributed by atoms with Gasteiger partial charge in [0.1, 0.15) is 11.2 Å². The number of hydrogen-bond acceptors (Lipinski definition) is 2. The van der Waals surface area contributed by atoms with Crippen molar-refractivity contribution in [2.45, 2.75) is 0 Å². The molecule has 0 saturated carbocycles. The first-order valence-electron chi connectivity index (χ1n) is 13.6. The zero-order valence-corrected chi connectivity index (χ0v) is 21.1. The Balaban J connectivity index is 1.49. The summed E-state index contributed by atoms with van der Waals surface area (Å²) in [6, 6.07) is 38.9. The monoisotopic (exact) mass is 510 g/mol. The second-order valence-electron chi connectivity index (χ2n) is 10.9. The van der Waals surface area contributed by atoms with Gasteiger partial charge in [-0.3, -0.25) is 0 Å². The number of para-hydroxylation sites is 4. The molecule has 0 aliphatic carbocycles. The number of hydrogen-bond donors (Lipinski definition) is 0. The maximum Gasteiger partial charge on any atom is 0.160 e. The molecule has 0 spiro atoms. The van der Waals surface area contributed by atoms with Crippen molar-refractivity contribution in [3.8, 4) is 0 Å². The normalized spacial score (nSPS) is 13.0. The Morgan fingerprint density at radius 1 is 0.325 bits per heavy atom. The lowest BCUT2D eigenvalue weighted by molar-refractivity contribution is 0.671. The van der Waals surface area contributed by atoms with Crippen LogP contribution in [0.25, 0.3) is 98.5 Å². The lowest BCUT2D eigenvalue weighted by Gasteiger charge is -2.11. The van der Waals surface area contributed by atoms with Gasteiger partial charge < -0.3 is 17.6 Å². The van der Waals surface area contributed by atoms with E-state index in [2.05, 4.69) is 106 Å². The molecule has 0 aliphatic heterocycles. The topological polar surface area (TPSA) is 35.1 Å². The van der Waals surface area contributed by atoms with Crippen LogP contribution in [-0.2, 0) is 0 Å². The van der Waals surface area contributed by atoms with Gasteiger partial charge in [-0.15, -0.1) is 0 Å². The molecule has 11 aromatic rings. The van der Waals surface area contributed by atoms with Crippen molar-refractivity contribution in [3.63, 3.8) is 0 Å². The van der Waals surface area contributed by atoms with Gasteiger partial charge in [-0.2, -0.15) is 0 Å². The van der Waals surface area contributed by atoms with Gasteiger partial charge in [-0.05, 0) is 36.4 Å². The predicted octanol–water partition coefficient (Wildman–Crippen LogP) is 10.0. The van der Waals surface area contributed by atoms with Crippen LogP contribution in [-0.4, -0.2) is 8.80 Å². The minimum atomic E-state index is 0.915. The number of nitrogens with zero attached hydrogens (tertiary/aromatic N) is 2. The van der Waals surface area contributed by atoms with Gasteiger partial charge in [0.05, 0.1) is 33.1 Å². The van der Waals surface area contributed by atoms with Crippen LogP contribution in [0.5, 0.6) is 0 Å². The molecule has 0 radical (unpaired) electrons. The summed E-state index contributed by atoms with van der Waals surface area (Å²) < 4.78 is 18.1. The Morgan fingerprint density at radius 2 is 0.725 bits per heavy atom. The quantitative estimate of drug-likeness (QED) is 0.190. The average molecular weight is 511 g/mol. The van der Waals surface area contributed by atoms with E-state index in [4.69, 9.17) is 8.83 Å². The first-order valence-corrected chi connectivity index (χ1v) is 13.6. The third-order valence-electron chi connectivity index (χ3n) is 9.03. The van der Waals surface area contributed by atoms with E-state index in [9.17, 15) is 0 Å². The zero-order chi connectivity index (χ0) is 25.7. The van der Waals surface area contributed by atoms with E-state index >= 15 is 0 Å². The molecule has 40 heavy (non-hydrogen) atoms. The highest BCUT2D eigenvalue weighted by Gasteiger charge is 2.25. The van der Waals surface area contributed by atoms with Crippen LogP contribution in [0, 0.1) is 0 Å². The predicted molar refractivity (Wildman–Crippen MR) is 164 cm³/mol. The summed E-state index contributed by atoms with van der Waals surface area (Å²) in [6.45, 7) is 0. The van der Waals surface area contributed by atoms with Crippen LogP contribution >= 0.6 is 0 Å². The van der Waals surface area contributed by atoms with Crippen LogP contribution < -0.4 is 0 Å². The third kappa shape index (κ3) is 2.02. The molecule has 0 N–H and O–H groups in total. The molecule has 0 fully saturated rings. The van der Waals surface area contributed by atoms with Crippen LogP contribution in [0.2, 0.25) is 0 Å². The first kappa shape index (κ1) is 19.6. The summed E-state index contributed by atoms with van der Waals surface area (Å²) >= 11 is 0. The fourth-order valence-corrected chi connectivity index (χ4v) is 7.46. The van der Waals surface area contributed by atoms with Crippen LogP contribution in [0.4, 0.5) is 0 Å². The maximum atomic E-state index is 6.59. The molecule has 0 atom stereocenters. The minimum absolute atomic E-state index is 0.915. The molecule has 184 valence electrons. The lowest BCUT2D eigenvalue weighted by atomic mass is 10.1. The van der Waals surface area contributed by atoms with Crippen molar-refractivity contribution >= 4 is 98.5 Å². The van der Waals surface area contributed by atoms with E-state index in [1.807, 2.05) is 12.1 Å². The maximum absolute atomic E-state index is 6.59. The minimum Gasteiger partial charge on any atom is -0.454 e. The van der Waals surface area contributed by atoms with E-state index in [0.717, 1.165) is 65.9 Å². The van der Waals surface area contributed by atoms with Crippen molar-refractivity contribution in [3.05, 3.63) is 109 Å². The molecule has 5 heterocycles. The number of benzene rings is 6. The molecule has 11 rings (SSSR count). The molecule has 6 aromatic carbocycles. The van der Waals surface area contributed by atoms with Crippen molar-refractivity contribution < 1.29 is 8.83 Å². The van der Waals surface area contributed by atoms with Gasteiger partial charge in [0, 0.05) is 43.1 Å². The van der Waals surface area contributed by atoms with E-state index < -0.39 is 0 Å². The molecule has 0 saturated heterocycles. The zero-order valence-electron chi connectivity index (χ0n) is 21.1. The molecular weight excluding hydrogens is 492 g/mol. The highest BCUT2D eigenvalue weighted by molar-refractivity contribution is 6.28. The second-order valence-corrected chi connectivity index (χ2v) is 10.9. The molecule has 4 heteroatoms. The van der Waals surface area contributed by atoms with Crippen molar-refractivity contribution in [2.75, 3.05) is 0 Å². The van der Waals surface area contributed by atoms with Gasteiger partial charge in [-0.25, -0.2) is 0 Å². The summed E-state index contributed by atoms with van der Waals surface area (Å²) in [5, 5.41) is 9.42. The Labute approximate surface area is 225 Å². The van der Waals surface area contributed by atoms with Gasteiger partial charge in [0.25, 0.3) is 0 Å². The smallest absolute Gasteiger partial charge is 0.160 e. The largest absolute Gasteiger partial charge is 0.454 e. The highest BCUT2D eigenvalue weighted by Crippen LogP contribution is 2.45. The fourth-order valence-electron chi connectivity index (χ4n) is 7.46. The van der Waals surface area contributed by atoms with Crippen molar-refractivity contribution in [2.24, 2.45) is 0 Å². The second kappa shape index (κ2) is 6.38. The summed E-state index contributed by atoms with van der Waals surface area (Å²) in [4.78, 5) is 0. The van der Waals surface area contributed by atoms with Crippen LogP contribution in [0.15, 0.2) is 118 Å². The SMILES string of the molecule is c1ccc2c(c1)oc1c2ccc2c3cccc4c3n(c3cccc5c6ccc7c8ccccc8oc7c6n4c53)c21. The van der Waals surface area contributed by atoms with Gasteiger partial charge in [0.15, 0.2) is 11.2 Å². The van der Waals surface area contributed by atoms with Crippen LogP contribution in [0.1, 0.15) is 0 Å².